The molecule has 1 aliphatic carbocycles. The predicted molar refractivity (Wildman–Crippen MR) is 100 cm³/mol. The van der Waals surface area contributed by atoms with Gasteiger partial charge in [0.25, 0.3) is 0 Å². The Labute approximate surface area is 149 Å². The highest BCUT2D eigenvalue weighted by Gasteiger charge is 2.20. The summed E-state index contributed by atoms with van der Waals surface area (Å²) < 4.78 is 10.8. The van der Waals surface area contributed by atoms with E-state index in [1.807, 2.05) is 18.2 Å². The summed E-state index contributed by atoms with van der Waals surface area (Å²) in [6.07, 6.45) is 2.66. The minimum absolute atomic E-state index is 0. The molecule has 124 valence electrons. The molecular weight excluding hydrogens is 393 g/mol. The Morgan fingerprint density at radius 3 is 2.82 bits per heavy atom. The van der Waals surface area contributed by atoms with Gasteiger partial charge >= 0.3 is 0 Å². The third-order valence-corrected chi connectivity index (χ3v) is 3.41. The van der Waals surface area contributed by atoms with Crippen LogP contribution in [0.2, 0.25) is 0 Å². The van der Waals surface area contributed by atoms with E-state index < -0.39 is 0 Å². The third-order valence-electron chi connectivity index (χ3n) is 3.41. The molecule has 1 fully saturated rings. The van der Waals surface area contributed by atoms with E-state index in [4.69, 9.17) is 9.47 Å². The van der Waals surface area contributed by atoms with Gasteiger partial charge in [-0.1, -0.05) is 12.1 Å². The summed E-state index contributed by atoms with van der Waals surface area (Å²) in [6.45, 7) is 3.10. The highest BCUT2D eigenvalue weighted by molar-refractivity contribution is 14.0. The summed E-state index contributed by atoms with van der Waals surface area (Å²) in [4.78, 5) is 4.20. The molecular formula is C16H26IN3O2. The highest BCUT2D eigenvalue weighted by atomic mass is 127. The maximum absolute atomic E-state index is 5.58. The molecule has 0 radical (unpaired) electrons. The maximum atomic E-state index is 5.58. The number of methoxy groups -OCH3 is 1. The molecule has 1 saturated carbocycles. The van der Waals surface area contributed by atoms with Crippen LogP contribution in [0.25, 0.3) is 0 Å². The van der Waals surface area contributed by atoms with Crippen LogP contribution < -0.4 is 15.4 Å². The van der Waals surface area contributed by atoms with Crippen LogP contribution in [-0.2, 0) is 11.3 Å². The van der Waals surface area contributed by atoms with Crippen LogP contribution in [0, 0.1) is 5.92 Å². The molecule has 0 aromatic heterocycles. The Hall–Kier alpha value is -1.02. The van der Waals surface area contributed by atoms with Gasteiger partial charge in [-0.25, -0.2) is 0 Å². The second-order valence-electron chi connectivity index (χ2n) is 5.22. The smallest absolute Gasteiger partial charge is 0.191 e. The van der Waals surface area contributed by atoms with Crippen LogP contribution in [0.3, 0.4) is 0 Å². The number of aliphatic imine (C=N–C) groups is 1. The van der Waals surface area contributed by atoms with Crippen LogP contribution in [0.5, 0.6) is 5.75 Å². The van der Waals surface area contributed by atoms with Crippen molar-refractivity contribution in [2.75, 3.05) is 33.9 Å². The fourth-order valence-corrected chi connectivity index (χ4v) is 1.96. The molecule has 0 bridgehead atoms. The number of hydrogen-bond donors (Lipinski definition) is 2. The molecule has 0 unspecified atom stereocenters. The second kappa shape index (κ2) is 10.7. The Morgan fingerprint density at radius 2 is 2.14 bits per heavy atom. The van der Waals surface area contributed by atoms with Gasteiger partial charge in [0, 0.05) is 26.7 Å². The predicted octanol–water partition coefficient (Wildman–Crippen LogP) is 2.40. The molecule has 0 atom stereocenters. The molecule has 5 nitrogen and oxygen atoms in total. The molecule has 2 rings (SSSR count). The number of ether oxygens (including phenoxy) is 2. The lowest BCUT2D eigenvalue weighted by Crippen LogP contribution is -2.38. The van der Waals surface area contributed by atoms with Crippen LogP contribution in [0.15, 0.2) is 29.3 Å². The van der Waals surface area contributed by atoms with E-state index in [0.29, 0.717) is 6.54 Å². The van der Waals surface area contributed by atoms with Crippen molar-refractivity contribution in [2.45, 2.75) is 19.4 Å². The summed E-state index contributed by atoms with van der Waals surface area (Å²) >= 11 is 0. The molecule has 1 aliphatic rings. The standard InChI is InChI=1S/C16H25N3O2.HI/c1-17-16(18-8-9-21-12-13-6-7-13)19-11-14-4-3-5-15(10-14)20-2;/h3-5,10,13H,6-9,11-12H2,1-2H3,(H2,17,18,19);1H. The quantitative estimate of drug-likeness (QED) is 0.294. The minimum atomic E-state index is 0. The van der Waals surface area contributed by atoms with E-state index >= 15 is 0 Å². The SMILES string of the molecule is CN=C(NCCOCC1CC1)NCc1cccc(OC)c1.I. The molecule has 1 aromatic rings. The van der Waals surface area contributed by atoms with Gasteiger partial charge in [-0.05, 0) is 36.5 Å². The number of benzene rings is 1. The number of hydrogen-bond acceptors (Lipinski definition) is 3. The molecule has 0 spiro atoms. The lowest BCUT2D eigenvalue weighted by Gasteiger charge is -2.12. The zero-order chi connectivity index (χ0) is 14.9. The first-order chi connectivity index (χ1) is 10.3. The topological polar surface area (TPSA) is 54.9 Å². The van der Waals surface area contributed by atoms with Crippen LogP contribution >= 0.6 is 24.0 Å². The second-order valence-corrected chi connectivity index (χ2v) is 5.22. The van der Waals surface area contributed by atoms with Crippen LogP contribution in [-0.4, -0.2) is 39.9 Å². The molecule has 2 N–H and O–H groups in total. The summed E-state index contributed by atoms with van der Waals surface area (Å²) in [5.74, 6) is 2.47. The average molecular weight is 419 g/mol. The van der Waals surface area contributed by atoms with Crippen molar-refractivity contribution in [1.82, 2.24) is 10.6 Å². The molecule has 0 saturated heterocycles. The van der Waals surface area contributed by atoms with Crippen LogP contribution in [0.1, 0.15) is 18.4 Å². The zero-order valence-corrected chi connectivity index (χ0v) is 15.6. The van der Waals surface area contributed by atoms with Gasteiger partial charge in [0.05, 0.1) is 13.7 Å². The van der Waals surface area contributed by atoms with Crippen molar-refractivity contribution in [2.24, 2.45) is 10.9 Å². The summed E-state index contributed by atoms with van der Waals surface area (Å²) in [5.41, 5.74) is 1.15. The fraction of sp³-hybridized carbons (Fsp3) is 0.562. The number of nitrogens with zero attached hydrogens (tertiary/aromatic N) is 1. The van der Waals surface area contributed by atoms with Crippen molar-refractivity contribution in [1.29, 1.82) is 0 Å². The Bertz CT molecular complexity index is 464. The van der Waals surface area contributed by atoms with Crippen molar-refractivity contribution >= 4 is 29.9 Å². The Morgan fingerprint density at radius 1 is 1.32 bits per heavy atom. The van der Waals surface area contributed by atoms with E-state index in [1.54, 1.807) is 14.2 Å². The Balaban J connectivity index is 0.00000242. The van der Waals surface area contributed by atoms with Crippen molar-refractivity contribution in [3.63, 3.8) is 0 Å². The van der Waals surface area contributed by atoms with Gasteiger partial charge in [0.15, 0.2) is 5.96 Å². The Kier molecular flexibility index (Phi) is 9.22. The van der Waals surface area contributed by atoms with Crippen molar-refractivity contribution in [3.8, 4) is 5.75 Å². The highest BCUT2D eigenvalue weighted by Crippen LogP contribution is 2.28. The summed E-state index contributed by atoms with van der Waals surface area (Å²) in [6, 6.07) is 7.99. The molecule has 0 amide bonds. The number of rotatable bonds is 8. The first-order valence-corrected chi connectivity index (χ1v) is 7.47. The molecule has 1 aromatic carbocycles. The molecule has 6 heteroatoms. The first-order valence-electron chi connectivity index (χ1n) is 7.47. The zero-order valence-electron chi connectivity index (χ0n) is 13.3. The molecule has 0 aliphatic heterocycles. The van der Waals surface area contributed by atoms with Gasteiger partial charge < -0.3 is 20.1 Å². The number of halogens is 1. The van der Waals surface area contributed by atoms with E-state index in [9.17, 15) is 0 Å². The van der Waals surface area contributed by atoms with E-state index in [-0.39, 0.29) is 24.0 Å². The first kappa shape index (κ1) is 19.0. The molecule has 22 heavy (non-hydrogen) atoms. The van der Waals surface area contributed by atoms with Gasteiger partial charge in [-0.2, -0.15) is 0 Å². The number of nitrogens with one attached hydrogen (secondary N) is 2. The van der Waals surface area contributed by atoms with Gasteiger partial charge in [0.1, 0.15) is 5.75 Å². The maximum Gasteiger partial charge on any atom is 0.191 e. The fourth-order valence-electron chi connectivity index (χ4n) is 1.96. The average Bonchev–Trinajstić information content (AvgIpc) is 3.34. The largest absolute Gasteiger partial charge is 0.497 e. The minimum Gasteiger partial charge on any atom is -0.497 e. The van der Waals surface area contributed by atoms with E-state index in [0.717, 1.165) is 42.9 Å². The molecule has 0 heterocycles. The van der Waals surface area contributed by atoms with Gasteiger partial charge in [-0.3, -0.25) is 4.99 Å². The normalized spacial score (nSPS) is 14.2. The van der Waals surface area contributed by atoms with Gasteiger partial charge in [0.2, 0.25) is 0 Å². The van der Waals surface area contributed by atoms with E-state index in [1.165, 1.54) is 12.8 Å². The summed E-state index contributed by atoms with van der Waals surface area (Å²) in [5, 5.41) is 6.52. The summed E-state index contributed by atoms with van der Waals surface area (Å²) in [7, 11) is 3.45. The monoisotopic (exact) mass is 419 g/mol. The van der Waals surface area contributed by atoms with Crippen molar-refractivity contribution < 1.29 is 9.47 Å². The van der Waals surface area contributed by atoms with Crippen LogP contribution in [0.4, 0.5) is 0 Å². The lowest BCUT2D eigenvalue weighted by molar-refractivity contribution is 0.129. The van der Waals surface area contributed by atoms with E-state index in [2.05, 4.69) is 21.7 Å². The lowest BCUT2D eigenvalue weighted by atomic mass is 10.2. The van der Waals surface area contributed by atoms with Gasteiger partial charge in [-0.15, -0.1) is 24.0 Å². The number of guanidine groups is 1. The van der Waals surface area contributed by atoms with Crippen molar-refractivity contribution in [3.05, 3.63) is 29.8 Å². The third kappa shape index (κ3) is 7.31.